The molecule has 0 unspecified atom stereocenters. The summed E-state index contributed by atoms with van der Waals surface area (Å²) in [6.45, 7) is 5.99. The number of methoxy groups -OCH3 is 1. The summed E-state index contributed by atoms with van der Waals surface area (Å²) in [5, 5.41) is 10.4. The average Bonchev–Trinajstić information content (AvgIpc) is 3.37. The standard InChI is InChI=1S/C24H25N3O4/c1-13(2)10-16-8-9-18(25-16)24-26-20(15-6-5-7-17(12-15)30-4)21(27-24)23-22(29)19(28)11-14(3)31-23/h5-9,11-13,25,29H,10H2,1-4H3,(H,26,27). The number of H-pyrrole nitrogens is 2. The van der Waals surface area contributed by atoms with Gasteiger partial charge in [-0.3, -0.25) is 4.79 Å². The summed E-state index contributed by atoms with van der Waals surface area (Å²) in [6, 6.07) is 12.7. The number of aromatic hydroxyl groups is 1. The van der Waals surface area contributed by atoms with E-state index in [-0.39, 0.29) is 5.76 Å². The van der Waals surface area contributed by atoms with Crippen molar-refractivity contribution in [2.24, 2.45) is 5.92 Å². The zero-order valence-electron chi connectivity index (χ0n) is 17.9. The third-order valence-electron chi connectivity index (χ3n) is 4.95. The molecule has 0 aliphatic carbocycles. The van der Waals surface area contributed by atoms with Crippen LogP contribution in [-0.2, 0) is 6.42 Å². The van der Waals surface area contributed by atoms with Crippen molar-refractivity contribution in [2.45, 2.75) is 27.2 Å². The number of ether oxygens (including phenoxy) is 1. The van der Waals surface area contributed by atoms with Crippen LogP contribution < -0.4 is 10.2 Å². The SMILES string of the molecule is COc1cccc(-c2nc(-c3ccc(CC(C)C)[nH]3)[nH]c2-c2oc(C)cc(=O)c2O)c1. The number of hydrogen-bond donors (Lipinski definition) is 3. The van der Waals surface area contributed by atoms with Crippen molar-refractivity contribution in [3.05, 3.63) is 64.1 Å². The minimum Gasteiger partial charge on any atom is -0.501 e. The Morgan fingerprint density at radius 1 is 1.16 bits per heavy atom. The van der Waals surface area contributed by atoms with E-state index in [1.54, 1.807) is 14.0 Å². The monoisotopic (exact) mass is 419 g/mol. The van der Waals surface area contributed by atoms with Gasteiger partial charge in [-0.1, -0.05) is 26.0 Å². The fourth-order valence-corrected chi connectivity index (χ4v) is 3.55. The lowest BCUT2D eigenvalue weighted by molar-refractivity contribution is 0.415. The Balaban J connectivity index is 1.90. The van der Waals surface area contributed by atoms with Crippen molar-refractivity contribution < 1.29 is 14.3 Å². The summed E-state index contributed by atoms with van der Waals surface area (Å²) in [7, 11) is 1.59. The van der Waals surface area contributed by atoms with Crippen molar-refractivity contribution in [1.82, 2.24) is 15.0 Å². The number of benzene rings is 1. The van der Waals surface area contributed by atoms with Crippen LogP contribution in [0.3, 0.4) is 0 Å². The molecule has 3 heterocycles. The summed E-state index contributed by atoms with van der Waals surface area (Å²) < 4.78 is 11.1. The third kappa shape index (κ3) is 4.12. The van der Waals surface area contributed by atoms with Crippen molar-refractivity contribution in [2.75, 3.05) is 7.11 Å². The number of aromatic amines is 2. The van der Waals surface area contributed by atoms with Crippen LogP contribution in [0.25, 0.3) is 34.2 Å². The molecule has 0 bridgehead atoms. The van der Waals surface area contributed by atoms with Crippen LogP contribution in [0.15, 0.2) is 51.7 Å². The molecule has 0 saturated heterocycles. The Kier molecular flexibility index (Phi) is 5.42. The van der Waals surface area contributed by atoms with E-state index in [4.69, 9.17) is 14.1 Å². The van der Waals surface area contributed by atoms with Crippen LogP contribution in [0.2, 0.25) is 0 Å². The molecular formula is C24H25N3O4. The molecule has 3 aromatic heterocycles. The minimum atomic E-state index is -0.509. The van der Waals surface area contributed by atoms with Crippen LogP contribution in [0.5, 0.6) is 11.5 Å². The van der Waals surface area contributed by atoms with Gasteiger partial charge in [0.05, 0.1) is 12.8 Å². The third-order valence-corrected chi connectivity index (χ3v) is 4.95. The van der Waals surface area contributed by atoms with Gasteiger partial charge in [0, 0.05) is 17.3 Å². The predicted octanol–water partition coefficient (Wildman–Crippen LogP) is 4.91. The second-order valence-corrected chi connectivity index (χ2v) is 7.94. The number of rotatable bonds is 6. The number of nitrogens with one attached hydrogen (secondary N) is 2. The summed E-state index contributed by atoms with van der Waals surface area (Å²) in [6.07, 6.45) is 0.920. The maximum absolute atomic E-state index is 12.2. The topological polar surface area (TPSA) is 104 Å². The molecule has 31 heavy (non-hydrogen) atoms. The molecule has 0 aliphatic heterocycles. The Morgan fingerprint density at radius 2 is 1.97 bits per heavy atom. The van der Waals surface area contributed by atoms with E-state index in [1.807, 2.05) is 36.4 Å². The van der Waals surface area contributed by atoms with E-state index in [9.17, 15) is 9.90 Å². The maximum Gasteiger partial charge on any atom is 0.227 e. The molecule has 0 amide bonds. The molecule has 0 fully saturated rings. The van der Waals surface area contributed by atoms with Gasteiger partial charge in [0.1, 0.15) is 22.9 Å². The molecule has 3 N–H and O–H groups in total. The van der Waals surface area contributed by atoms with Crippen LogP contribution in [0, 0.1) is 12.8 Å². The highest BCUT2D eigenvalue weighted by Gasteiger charge is 2.22. The van der Waals surface area contributed by atoms with Crippen molar-refractivity contribution >= 4 is 0 Å². The molecule has 0 aliphatic rings. The molecule has 1 aromatic carbocycles. The predicted molar refractivity (Wildman–Crippen MR) is 119 cm³/mol. The normalized spacial score (nSPS) is 11.3. The van der Waals surface area contributed by atoms with Crippen molar-refractivity contribution in [1.29, 1.82) is 0 Å². The summed E-state index contributed by atoms with van der Waals surface area (Å²) >= 11 is 0. The van der Waals surface area contributed by atoms with Crippen molar-refractivity contribution in [3.8, 4) is 45.7 Å². The van der Waals surface area contributed by atoms with Gasteiger partial charge in [0.15, 0.2) is 11.6 Å². The van der Waals surface area contributed by atoms with Crippen LogP contribution >= 0.6 is 0 Å². The summed E-state index contributed by atoms with van der Waals surface area (Å²) in [5.41, 5.74) is 3.12. The van der Waals surface area contributed by atoms with Gasteiger partial charge >= 0.3 is 0 Å². The van der Waals surface area contributed by atoms with Crippen LogP contribution in [0.1, 0.15) is 25.3 Å². The van der Waals surface area contributed by atoms with Crippen LogP contribution in [0.4, 0.5) is 0 Å². The second-order valence-electron chi connectivity index (χ2n) is 7.94. The van der Waals surface area contributed by atoms with E-state index in [0.717, 1.165) is 23.4 Å². The molecular weight excluding hydrogens is 394 g/mol. The van der Waals surface area contributed by atoms with Gasteiger partial charge in [-0.25, -0.2) is 4.98 Å². The van der Waals surface area contributed by atoms with Gasteiger partial charge in [-0.05, 0) is 43.5 Å². The van der Waals surface area contributed by atoms with E-state index in [2.05, 4.69) is 23.8 Å². The highest BCUT2D eigenvalue weighted by atomic mass is 16.5. The van der Waals surface area contributed by atoms with E-state index >= 15 is 0 Å². The first-order valence-corrected chi connectivity index (χ1v) is 10.1. The average molecular weight is 419 g/mol. The smallest absolute Gasteiger partial charge is 0.227 e. The van der Waals surface area contributed by atoms with Gasteiger partial charge < -0.3 is 24.2 Å². The Labute approximate surface area is 179 Å². The number of nitrogens with zero attached hydrogens (tertiary/aromatic N) is 1. The first-order chi connectivity index (χ1) is 14.9. The molecule has 7 nitrogen and oxygen atoms in total. The summed E-state index contributed by atoms with van der Waals surface area (Å²) in [5.74, 6) is 1.75. The minimum absolute atomic E-state index is 0.0514. The van der Waals surface area contributed by atoms with Crippen LogP contribution in [-0.4, -0.2) is 27.2 Å². The molecule has 0 radical (unpaired) electrons. The molecule has 7 heteroatoms. The lowest BCUT2D eigenvalue weighted by Crippen LogP contribution is -2.01. The highest BCUT2D eigenvalue weighted by Crippen LogP contribution is 2.37. The fourth-order valence-electron chi connectivity index (χ4n) is 3.55. The van der Waals surface area contributed by atoms with Crippen molar-refractivity contribution in [3.63, 3.8) is 0 Å². The first kappa shape index (κ1) is 20.5. The molecule has 4 aromatic rings. The Hall–Kier alpha value is -3.74. The Morgan fingerprint density at radius 3 is 2.71 bits per heavy atom. The number of aromatic nitrogens is 3. The lowest BCUT2D eigenvalue weighted by atomic mass is 10.1. The molecule has 4 rings (SSSR count). The van der Waals surface area contributed by atoms with Gasteiger partial charge in [0.2, 0.25) is 11.2 Å². The second kappa shape index (κ2) is 8.18. The molecule has 0 saturated carbocycles. The molecule has 0 spiro atoms. The highest BCUT2D eigenvalue weighted by molar-refractivity contribution is 5.81. The lowest BCUT2D eigenvalue weighted by Gasteiger charge is -2.06. The maximum atomic E-state index is 12.2. The number of aryl methyl sites for hydroxylation is 1. The number of hydrogen-bond acceptors (Lipinski definition) is 5. The van der Waals surface area contributed by atoms with E-state index in [1.165, 1.54) is 6.07 Å². The van der Waals surface area contributed by atoms with E-state index in [0.29, 0.717) is 34.6 Å². The molecule has 0 atom stereocenters. The zero-order valence-corrected chi connectivity index (χ0v) is 17.9. The zero-order chi connectivity index (χ0) is 22.1. The number of imidazole rings is 1. The van der Waals surface area contributed by atoms with E-state index < -0.39 is 11.2 Å². The Bertz CT molecular complexity index is 1280. The van der Waals surface area contributed by atoms with Gasteiger partial charge in [-0.2, -0.15) is 0 Å². The van der Waals surface area contributed by atoms with Gasteiger partial charge in [-0.15, -0.1) is 0 Å². The fraction of sp³-hybridized carbons (Fsp3) is 0.250. The van der Waals surface area contributed by atoms with Gasteiger partial charge in [0.25, 0.3) is 0 Å². The first-order valence-electron chi connectivity index (χ1n) is 10.1. The quantitative estimate of drug-likeness (QED) is 0.412. The molecule has 160 valence electrons. The largest absolute Gasteiger partial charge is 0.501 e. The summed E-state index contributed by atoms with van der Waals surface area (Å²) in [4.78, 5) is 23.6.